The molecule has 1 aliphatic rings. The lowest BCUT2D eigenvalue weighted by atomic mass is 10.2. The van der Waals surface area contributed by atoms with Crippen molar-refractivity contribution in [2.75, 3.05) is 13.1 Å². The number of hydrogen-bond acceptors (Lipinski definition) is 1. The zero-order valence-corrected chi connectivity index (χ0v) is 12.4. The third kappa shape index (κ3) is 2.83. The Morgan fingerprint density at radius 3 is 2.90 bits per heavy atom. The van der Waals surface area contributed by atoms with Crippen molar-refractivity contribution in [1.29, 1.82) is 0 Å². The van der Waals surface area contributed by atoms with Gasteiger partial charge in [0.2, 0.25) is 0 Å². The van der Waals surface area contributed by atoms with Crippen molar-refractivity contribution in [3.05, 3.63) is 35.0 Å². The van der Waals surface area contributed by atoms with Gasteiger partial charge in [-0.1, -0.05) is 18.5 Å². The molecule has 1 aromatic heterocycles. The Kier molecular flexibility index (Phi) is 3.70. The number of H-pyrrole nitrogens is 1. The van der Waals surface area contributed by atoms with Crippen LogP contribution < -0.4 is 0 Å². The average Bonchev–Trinajstić information content (AvgIpc) is 3.14. The summed E-state index contributed by atoms with van der Waals surface area (Å²) in [4.78, 5) is 17.8. The maximum absolute atomic E-state index is 12.6. The van der Waals surface area contributed by atoms with E-state index in [-0.39, 0.29) is 5.91 Å². The van der Waals surface area contributed by atoms with E-state index in [4.69, 9.17) is 11.6 Å². The average molecular weight is 291 g/mol. The van der Waals surface area contributed by atoms with Crippen LogP contribution in [0.4, 0.5) is 0 Å². The molecule has 1 fully saturated rings. The predicted molar refractivity (Wildman–Crippen MR) is 82.2 cm³/mol. The largest absolute Gasteiger partial charge is 0.351 e. The summed E-state index contributed by atoms with van der Waals surface area (Å²) in [5, 5.41) is 1.68. The lowest BCUT2D eigenvalue weighted by Gasteiger charge is -2.21. The number of carbonyl (C=O) groups excluding carboxylic acids is 1. The van der Waals surface area contributed by atoms with Crippen LogP contribution in [0.25, 0.3) is 10.9 Å². The number of benzene rings is 1. The SMILES string of the molecule is CCCN(CC1CC1)C(=O)c1cc2cc(Cl)ccc2[nH]1. The lowest BCUT2D eigenvalue weighted by Crippen LogP contribution is -2.33. The number of aromatic nitrogens is 1. The molecule has 1 aliphatic carbocycles. The van der Waals surface area contributed by atoms with Gasteiger partial charge in [-0.3, -0.25) is 4.79 Å². The summed E-state index contributed by atoms with van der Waals surface area (Å²) < 4.78 is 0. The summed E-state index contributed by atoms with van der Waals surface area (Å²) in [6, 6.07) is 7.54. The zero-order valence-electron chi connectivity index (χ0n) is 11.7. The first-order valence-corrected chi connectivity index (χ1v) is 7.62. The minimum Gasteiger partial charge on any atom is -0.351 e. The van der Waals surface area contributed by atoms with Gasteiger partial charge in [0.15, 0.2) is 0 Å². The number of halogens is 1. The number of amides is 1. The van der Waals surface area contributed by atoms with Crippen molar-refractivity contribution >= 4 is 28.4 Å². The molecule has 106 valence electrons. The number of nitrogens with one attached hydrogen (secondary N) is 1. The minimum absolute atomic E-state index is 0.103. The molecule has 0 atom stereocenters. The van der Waals surface area contributed by atoms with Gasteiger partial charge in [-0.15, -0.1) is 0 Å². The van der Waals surface area contributed by atoms with E-state index in [1.54, 1.807) is 0 Å². The Balaban J connectivity index is 1.85. The van der Waals surface area contributed by atoms with Gasteiger partial charge in [0.25, 0.3) is 5.91 Å². The lowest BCUT2D eigenvalue weighted by molar-refractivity contribution is 0.0743. The van der Waals surface area contributed by atoms with Gasteiger partial charge in [-0.05, 0) is 49.4 Å². The number of rotatable bonds is 5. The first-order valence-electron chi connectivity index (χ1n) is 7.25. The molecule has 0 bridgehead atoms. The van der Waals surface area contributed by atoms with E-state index < -0.39 is 0 Å². The van der Waals surface area contributed by atoms with Gasteiger partial charge in [-0.25, -0.2) is 0 Å². The van der Waals surface area contributed by atoms with Crippen LogP contribution in [0.3, 0.4) is 0 Å². The third-order valence-corrected chi connectivity index (χ3v) is 4.00. The van der Waals surface area contributed by atoms with Crippen LogP contribution in [0.15, 0.2) is 24.3 Å². The Bertz CT molecular complexity index is 630. The number of hydrogen-bond donors (Lipinski definition) is 1. The number of nitrogens with zero attached hydrogens (tertiary/aromatic N) is 1. The Labute approximate surface area is 123 Å². The summed E-state index contributed by atoms with van der Waals surface area (Å²) in [5.41, 5.74) is 1.62. The van der Waals surface area contributed by atoms with E-state index in [1.807, 2.05) is 29.2 Å². The van der Waals surface area contributed by atoms with Gasteiger partial charge >= 0.3 is 0 Å². The fraction of sp³-hybridized carbons (Fsp3) is 0.438. The Morgan fingerprint density at radius 1 is 1.40 bits per heavy atom. The van der Waals surface area contributed by atoms with Crippen molar-refractivity contribution < 1.29 is 4.79 Å². The van der Waals surface area contributed by atoms with Crippen LogP contribution >= 0.6 is 11.6 Å². The van der Waals surface area contributed by atoms with Crippen LogP contribution in [0.2, 0.25) is 5.02 Å². The smallest absolute Gasteiger partial charge is 0.270 e. The number of fused-ring (bicyclic) bond motifs is 1. The second kappa shape index (κ2) is 5.49. The highest BCUT2D eigenvalue weighted by Gasteiger charge is 2.27. The Morgan fingerprint density at radius 2 is 2.20 bits per heavy atom. The fourth-order valence-corrected chi connectivity index (χ4v) is 2.73. The molecule has 0 aliphatic heterocycles. The molecule has 1 N–H and O–H groups in total. The van der Waals surface area contributed by atoms with Crippen molar-refractivity contribution in [1.82, 2.24) is 9.88 Å². The minimum atomic E-state index is 0.103. The molecule has 1 amide bonds. The third-order valence-electron chi connectivity index (χ3n) is 3.77. The topological polar surface area (TPSA) is 36.1 Å². The van der Waals surface area contributed by atoms with Crippen molar-refractivity contribution in [3.8, 4) is 0 Å². The molecule has 1 heterocycles. The summed E-state index contributed by atoms with van der Waals surface area (Å²) >= 11 is 5.99. The second-order valence-electron chi connectivity index (χ2n) is 5.61. The van der Waals surface area contributed by atoms with Gasteiger partial charge in [0.05, 0.1) is 0 Å². The van der Waals surface area contributed by atoms with Crippen molar-refractivity contribution in [2.24, 2.45) is 5.92 Å². The summed E-state index contributed by atoms with van der Waals surface area (Å²) in [6.07, 6.45) is 3.51. The molecular formula is C16H19ClN2O. The summed E-state index contributed by atoms with van der Waals surface area (Å²) in [6.45, 7) is 3.83. The van der Waals surface area contributed by atoms with Crippen LogP contribution in [0.5, 0.6) is 0 Å². The van der Waals surface area contributed by atoms with Crippen LogP contribution in [-0.2, 0) is 0 Å². The monoisotopic (exact) mass is 290 g/mol. The van der Waals surface area contributed by atoms with E-state index >= 15 is 0 Å². The summed E-state index contributed by atoms with van der Waals surface area (Å²) in [7, 11) is 0. The highest BCUT2D eigenvalue weighted by atomic mass is 35.5. The zero-order chi connectivity index (χ0) is 14.1. The van der Waals surface area contributed by atoms with E-state index in [2.05, 4.69) is 11.9 Å². The quantitative estimate of drug-likeness (QED) is 0.885. The first-order chi connectivity index (χ1) is 9.67. The molecule has 0 spiro atoms. The molecule has 0 saturated heterocycles. The molecule has 3 nitrogen and oxygen atoms in total. The van der Waals surface area contributed by atoms with Gasteiger partial charge in [0, 0.05) is 29.0 Å². The molecule has 4 heteroatoms. The summed E-state index contributed by atoms with van der Waals surface area (Å²) in [5.74, 6) is 0.815. The van der Waals surface area contributed by atoms with Crippen molar-refractivity contribution in [3.63, 3.8) is 0 Å². The maximum Gasteiger partial charge on any atom is 0.270 e. The molecule has 3 rings (SSSR count). The standard InChI is InChI=1S/C16H19ClN2O/c1-2-7-19(10-11-3-4-11)16(20)15-9-12-8-13(17)5-6-14(12)18-15/h5-6,8-9,11,18H,2-4,7,10H2,1H3. The molecule has 1 aromatic carbocycles. The van der Waals surface area contributed by atoms with Crippen molar-refractivity contribution in [2.45, 2.75) is 26.2 Å². The highest BCUT2D eigenvalue weighted by Crippen LogP contribution is 2.30. The highest BCUT2D eigenvalue weighted by molar-refractivity contribution is 6.31. The molecule has 0 radical (unpaired) electrons. The van der Waals surface area contributed by atoms with Gasteiger partial charge in [-0.2, -0.15) is 0 Å². The predicted octanol–water partition coefficient (Wildman–Crippen LogP) is 4.08. The molecule has 1 saturated carbocycles. The number of carbonyl (C=O) groups is 1. The van der Waals surface area contributed by atoms with E-state index in [0.717, 1.165) is 30.4 Å². The normalized spacial score (nSPS) is 14.7. The Hall–Kier alpha value is -1.48. The number of aromatic amines is 1. The van der Waals surface area contributed by atoms with E-state index in [9.17, 15) is 4.79 Å². The molecule has 20 heavy (non-hydrogen) atoms. The van der Waals surface area contributed by atoms with Gasteiger partial charge in [0.1, 0.15) is 5.69 Å². The second-order valence-corrected chi connectivity index (χ2v) is 6.05. The molecule has 0 unspecified atom stereocenters. The van der Waals surface area contributed by atoms with Crippen LogP contribution in [0.1, 0.15) is 36.7 Å². The maximum atomic E-state index is 12.6. The first kappa shape index (κ1) is 13.5. The fourth-order valence-electron chi connectivity index (χ4n) is 2.55. The van der Waals surface area contributed by atoms with E-state index in [1.165, 1.54) is 12.8 Å². The van der Waals surface area contributed by atoms with Gasteiger partial charge < -0.3 is 9.88 Å². The molecule has 2 aromatic rings. The van der Waals surface area contributed by atoms with Crippen LogP contribution in [0, 0.1) is 5.92 Å². The molecular weight excluding hydrogens is 272 g/mol. The van der Waals surface area contributed by atoms with E-state index in [0.29, 0.717) is 16.6 Å². The van der Waals surface area contributed by atoms with Crippen LogP contribution in [-0.4, -0.2) is 28.9 Å².